The van der Waals surface area contributed by atoms with Crippen LogP contribution in [0.1, 0.15) is 58.9 Å². The van der Waals surface area contributed by atoms with E-state index in [1.165, 1.54) is 5.56 Å². The molecule has 4 aromatic rings. The fourth-order valence-corrected chi connectivity index (χ4v) is 5.70. The van der Waals surface area contributed by atoms with Crippen molar-refractivity contribution in [1.29, 1.82) is 0 Å². The third kappa shape index (κ3) is 5.39. The summed E-state index contributed by atoms with van der Waals surface area (Å²) in [4.78, 5) is 30.4. The summed E-state index contributed by atoms with van der Waals surface area (Å²) < 4.78 is 2.17. The topological polar surface area (TPSA) is 110 Å². The number of aromatic nitrogens is 2. The van der Waals surface area contributed by atoms with Crippen molar-refractivity contribution in [3.05, 3.63) is 95.3 Å². The average Bonchev–Trinajstić information content (AvgIpc) is 3.30. The van der Waals surface area contributed by atoms with Crippen LogP contribution in [0.4, 0.5) is 5.69 Å². The van der Waals surface area contributed by atoms with Crippen molar-refractivity contribution in [2.75, 3.05) is 18.5 Å². The molecule has 0 spiro atoms. The standard InChI is InChI=1S/C31H34N4O3/c32-19-30(37)34-26-10-4-3-9-25(26)31(38)24-8-2-1-7-23(24)22-15-13-21(14-16-22)20-35-28-12-6-5-11-27(28)33-29(35)17-18-36/h3-6,9-16,23-24,36H,1-2,7-8,17-20,32H2,(H,34,37)/t23-,24-/m0/s1. The number of imidazole rings is 1. The second-order valence-corrected chi connectivity index (χ2v) is 9.98. The third-order valence-corrected chi connectivity index (χ3v) is 7.57. The van der Waals surface area contributed by atoms with E-state index in [1.807, 2.05) is 30.3 Å². The summed E-state index contributed by atoms with van der Waals surface area (Å²) in [7, 11) is 0. The van der Waals surface area contributed by atoms with Crippen LogP contribution in [-0.2, 0) is 17.8 Å². The molecule has 1 fully saturated rings. The number of benzene rings is 3. The Morgan fingerprint density at radius 1 is 0.974 bits per heavy atom. The van der Waals surface area contributed by atoms with Gasteiger partial charge in [0.05, 0.1) is 29.9 Å². The van der Waals surface area contributed by atoms with Gasteiger partial charge in [-0.1, -0.05) is 61.4 Å². The summed E-state index contributed by atoms with van der Waals surface area (Å²) in [6.07, 6.45) is 4.40. The van der Waals surface area contributed by atoms with E-state index in [0.717, 1.165) is 48.1 Å². The highest BCUT2D eigenvalue weighted by Gasteiger charge is 2.33. The largest absolute Gasteiger partial charge is 0.396 e. The van der Waals surface area contributed by atoms with E-state index in [0.29, 0.717) is 24.2 Å². The summed E-state index contributed by atoms with van der Waals surface area (Å²) in [6, 6.07) is 23.8. The van der Waals surface area contributed by atoms with Crippen LogP contribution in [0.15, 0.2) is 72.8 Å². The Labute approximate surface area is 222 Å². The van der Waals surface area contributed by atoms with Crippen LogP contribution >= 0.6 is 0 Å². The summed E-state index contributed by atoms with van der Waals surface area (Å²) in [5.41, 5.74) is 10.8. The molecule has 5 rings (SSSR count). The zero-order valence-electron chi connectivity index (χ0n) is 21.5. The number of para-hydroxylation sites is 3. The lowest BCUT2D eigenvalue weighted by Crippen LogP contribution is -2.28. The Bertz CT molecular complexity index is 1430. The first-order chi connectivity index (χ1) is 18.6. The molecule has 1 aliphatic carbocycles. The zero-order chi connectivity index (χ0) is 26.5. The molecule has 0 aliphatic heterocycles. The molecule has 7 nitrogen and oxygen atoms in total. The number of nitrogens with two attached hydrogens (primary N) is 1. The minimum atomic E-state index is -0.311. The average molecular weight is 511 g/mol. The first-order valence-electron chi connectivity index (χ1n) is 13.4. The maximum Gasteiger partial charge on any atom is 0.238 e. The third-order valence-electron chi connectivity index (χ3n) is 7.57. The summed E-state index contributed by atoms with van der Waals surface area (Å²) >= 11 is 0. The Morgan fingerprint density at radius 2 is 1.71 bits per heavy atom. The number of nitrogens with zero attached hydrogens (tertiary/aromatic N) is 2. The molecular weight excluding hydrogens is 476 g/mol. The van der Waals surface area contributed by atoms with E-state index in [1.54, 1.807) is 12.1 Å². The number of anilines is 1. The molecule has 0 unspecified atom stereocenters. The smallest absolute Gasteiger partial charge is 0.238 e. The molecule has 1 aromatic heterocycles. The number of ketones is 1. The van der Waals surface area contributed by atoms with Crippen molar-refractivity contribution in [3.8, 4) is 0 Å². The lowest BCUT2D eigenvalue weighted by Gasteiger charge is -2.31. The number of aliphatic hydroxyl groups is 1. The van der Waals surface area contributed by atoms with Gasteiger partial charge in [0.25, 0.3) is 0 Å². The quantitative estimate of drug-likeness (QED) is 0.283. The molecule has 1 saturated carbocycles. The van der Waals surface area contributed by atoms with Gasteiger partial charge in [-0.05, 0) is 54.2 Å². The van der Waals surface area contributed by atoms with Crippen LogP contribution in [0.5, 0.6) is 0 Å². The van der Waals surface area contributed by atoms with Gasteiger partial charge < -0.3 is 20.7 Å². The van der Waals surface area contributed by atoms with Gasteiger partial charge in [-0.15, -0.1) is 0 Å². The Balaban J connectivity index is 1.38. The predicted molar refractivity (Wildman–Crippen MR) is 149 cm³/mol. The molecular formula is C31H34N4O3. The predicted octanol–water partition coefficient (Wildman–Crippen LogP) is 4.67. The summed E-state index contributed by atoms with van der Waals surface area (Å²) in [5, 5.41) is 12.3. The molecule has 196 valence electrons. The Hall–Kier alpha value is -3.81. The van der Waals surface area contributed by atoms with Crippen molar-refractivity contribution in [1.82, 2.24) is 9.55 Å². The van der Waals surface area contributed by atoms with Crippen molar-refractivity contribution in [3.63, 3.8) is 0 Å². The van der Waals surface area contributed by atoms with E-state index < -0.39 is 0 Å². The lowest BCUT2D eigenvalue weighted by molar-refractivity contribution is -0.114. The number of rotatable bonds is 9. The number of Topliss-reactive ketones (excluding diaryl/α,β-unsaturated/α-hetero) is 1. The van der Waals surface area contributed by atoms with E-state index in [4.69, 9.17) is 10.7 Å². The van der Waals surface area contributed by atoms with Gasteiger partial charge in [-0.2, -0.15) is 0 Å². The van der Waals surface area contributed by atoms with Crippen LogP contribution in [-0.4, -0.2) is 39.5 Å². The van der Waals surface area contributed by atoms with E-state index >= 15 is 0 Å². The van der Waals surface area contributed by atoms with E-state index in [-0.39, 0.29) is 36.7 Å². The van der Waals surface area contributed by atoms with Crippen LogP contribution < -0.4 is 11.1 Å². The molecule has 1 aliphatic rings. The van der Waals surface area contributed by atoms with Crippen LogP contribution in [0.25, 0.3) is 11.0 Å². The molecule has 7 heteroatoms. The second-order valence-electron chi connectivity index (χ2n) is 9.98. The molecule has 0 bridgehead atoms. The second kappa shape index (κ2) is 11.7. The van der Waals surface area contributed by atoms with Gasteiger partial charge >= 0.3 is 0 Å². The van der Waals surface area contributed by atoms with Gasteiger partial charge in [-0.3, -0.25) is 9.59 Å². The van der Waals surface area contributed by atoms with Crippen molar-refractivity contribution < 1.29 is 14.7 Å². The number of aliphatic hydroxyl groups excluding tert-OH is 1. The first-order valence-corrected chi connectivity index (χ1v) is 13.4. The molecule has 0 radical (unpaired) electrons. The first kappa shape index (κ1) is 25.8. The van der Waals surface area contributed by atoms with E-state index in [9.17, 15) is 14.7 Å². The van der Waals surface area contributed by atoms with Crippen LogP contribution in [0.2, 0.25) is 0 Å². The number of hydrogen-bond donors (Lipinski definition) is 3. The normalized spacial score (nSPS) is 17.4. The molecule has 4 N–H and O–H groups in total. The SMILES string of the molecule is NCC(=O)Nc1ccccc1C(=O)[C@H]1CCCC[C@H]1c1ccc(Cn2c(CCO)nc3ccccc32)cc1. The van der Waals surface area contributed by atoms with Crippen LogP contribution in [0.3, 0.4) is 0 Å². The number of hydrogen-bond acceptors (Lipinski definition) is 5. The number of carbonyl (C=O) groups is 2. The van der Waals surface area contributed by atoms with E-state index in [2.05, 4.69) is 40.2 Å². The lowest BCUT2D eigenvalue weighted by atomic mass is 9.72. The Morgan fingerprint density at radius 3 is 2.50 bits per heavy atom. The monoisotopic (exact) mass is 510 g/mol. The summed E-state index contributed by atoms with van der Waals surface area (Å²) in [5.74, 6) is 0.622. The highest BCUT2D eigenvalue weighted by molar-refractivity contribution is 6.06. The Kier molecular flexibility index (Phi) is 7.96. The number of fused-ring (bicyclic) bond motifs is 1. The van der Waals surface area contributed by atoms with Gasteiger partial charge in [0, 0.05) is 24.4 Å². The van der Waals surface area contributed by atoms with Crippen molar-refractivity contribution >= 4 is 28.4 Å². The fraction of sp³-hybridized carbons (Fsp3) is 0.323. The van der Waals surface area contributed by atoms with Gasteiger partial charge in [-0.25, -0.2) is 4.98 Å². The highest BCUT2D eigenvalue weighted by atomic mass is 16.3. The molecule has 1 heterocycles. The zero-order valence-corrected chi connectivity index (χ0v) is 21.5. The maximum atomic E-state index is 13.8. The molecule has 38 heavy (non-hydrogen) atoms. The van der Waals surface area contributed by atoms with Crippen molar-refractivity contribution in [2.24, 2.45) is 11.7 Å². The van der Waals surface area contributed by atoms with Gasteiger partial charge in [0.2, 0.25) is 5.91 Å². The molecule has 3 aromatic carbocycles. The minimum absolute atomic E-state index is 0.0540. The number of amides is 1. The molecule has 2 atom stereocenters. The molecule has 1 amide bonds. The van der Waals surface area contributed by atoms with Gasteiger partial charge in [0.1, 0.15) is 5.82 Å². The highest BCUT2D eigenvalue weighted by Crippen LogP contribution is 2.40. The summed E-state index contributed by atoms with van der Waals surface area (Å²) in [6.45, 7) is 0.590. The van der Waals surface area contributed by atoms with Gasteiger partial charge in [0.15, 0.2) is 5.78 Å². The minimum Gasteiger partial charge on any atom is -0.396 e. The van der Waals surface area contributed by atoms with Crippen LogP contribution in [0, 0.1) is 5.92 Å². The number of nitrogens with one attached hydrogen (secondary N) is 1. The maximum absolute atomic E-state index is 13.8. The number of carbonyl (C=O) groups excluding carboxylic acids is 2. The van der Waals surface area contributed by atoms with Crippen molar-refractivity contribution in [2.45, 2.75) is 44.6 Å². The fourth-order valence-electron chi connectivity index (χ4n) is 5.70. The molecule has 0 saturated heterocycles.